The molecule has 1 aromatic heterocycles. The minimum atomic E-state index is -4.37. The van der Waals surface area contributed by atoms with Crippen molar-refractivity contribution in [2.45, 2.75) is 39.9 Å². The molecular weight excluding hydrogens is 337 g/mol. The van der Waals surface area contributed by atoms with Crippen LogP contribution in [0.1, 0.15) is 41.7 Å². The Hall–Kier alpha value is -1.89. The molecule has 1 unspecified atom stereocenters. The number of alkyl halides is 3. The van der Waals surface area contributed by atoms with Gasteiger partial charge in [0, 0.05) is 11.6 Å². The highest BCUT2D eigenvalue weighted by molar-refractivity contribution is 7.17. The Bertz CT molecular complexity index is 720. The summed E-state index contributed by atoms with van der Waals surface area (Å²) in [5.41, 5.74) is 0.429. The standard InChI is InChI=1S/C17H19F3N2OS/c1-9(2)10(3)21-15(23)14-11(4)22-16(24-14)12-5-7-13(8-6-12)17(18,19)20/h5-10H,1-4H3,(H,21,23). The van der Waals surface area contributed by atoms with Crippen LogP contribution >= 0.6 is 11.3 Å². The number of hydrogen-bond donors (Lipinski definition) is 1. The van der Waals surface area contributed by atoms with E-state index in [1.54, 1.807) is 6.92 Å². The van der Waals surface area contributed by atoms with Gasteiger partial charge < -0.3 is 5.32 Å². The number of halogens is 3. The van der Waals surface area contributed by atoms with Gasteiger partial charge in [0.05, 0.1) is 11.3 Å². The first-order chi connectivity index (χ1) is 11.1. The molecule has 7 heteroatoms. The summed E-state index contributed by atoms with van der Waals surface area (Å²) >= 11 is 1.18. The van der Waals surface area contributed by atoms with Crippen LogP contribution in [0.15, 0.2) is 24.3 Å². The second-order valence-electron chi connectivity index (χ2n) is 6.01. The van der Waals surface area contributed by atoms with Crippen LogP contribution in [-0.2, 0) is 6.18 Å². The summed E-state index contributed by atoms with van der Waals surface area (Å²) in [6.07, 6.45) is -4.37. The maximum Gasteiger partial charge on any atom is 0.416 e. The van der Waals surface area contributed by atoms with Gasteiger partial charge in [-0.2, -0.15) is 13.2 Å². The zero-order valence-corrected chi connectivity index (χ0v) is 14.7. The van der Waals surface area contributed by atoms with E-state index in [9.17, 15) is 18.0 Å². The molecule has 0 spiro atoms. The van der Waals surface area contributed by atoms with Crippen molar-refractivity contribution in [2.24, 2.45) is 5.92 Å². The quantitative estimate of drug-likeness (QED) is 0.846. The molecule has 0 aliphatic rings. The molecule has 24 heavy (non-hydrogen) atoms. The van der Waals surface area contributed by atoms with E-state index in [2.05, 4.69) is 10.3 Å². The van der Waals surface area contributed by atoms with Crippen molar-refractivity contribution >= 4 is 17.2 Å². The lowest BCUT2D eigenvalue weighted by Gasteiger charge is -2.16. The Morgan fingerprint density at radius 3 is 2.25 bits per heavy atom. The van der Waals surface area contributed by atoms with Crippen molar-refractivity contribution in [3.05, 3.63) is 40.4 Å². The smallest absolute Gasteiger partial charge is 0.349 e. The largest absolute Gasteiger partial charge is 0.416 e. The molecule has 1 aromatic carbocycles. The molecule has 1 N–H and O–H groups in total. The molecule has 1 heterocycles. The molecule has 3 nitrogen and oxygen atoms in total. The number of hydrogen-bond acceptors (Lipinski definition) is 3. The van der Waals surface area contributed by atoms with E-state index in [4.69, 9.17) is 0 Å². The Balaban J connectivity index is 2.24. The molecule has 0 saturated carbocycles. The zero-order chi connectivity index (χ0) is 18.1. The lowest BCUT2D eigenvalue weighted by Crippen LogP contribution is -2.35. The van der Waals surface area contributed by atoms with Gasteiger partial charge in [0.1, 0.15) is 9.88 Å². The SMILES string of the molecule is Cc1nc(-c2ccc(C(F)(F)F)cc2)sc1C(=O)NC(C)C(C)C. The Kier molecular flexibility index (Phi) is 5.32. The Morgan fingerprint density at radius 1 is 1.17 bits per heavy atom. The number of aryl methyl sites for hydroxylation is 1. The summed E-state index contributed by atoms with van der Waals surface area (Å²) in [6.45, 7) is 7.67. The number of aromatic nitrogens is 1. The van der Waals surface area contributed by atoms with E-state index in [-0.39, 0.29) is 11.9 Å². The summed E-state index contributed by atoms with van der Waals surface area (Å²) in [6, 6.07) is 4.81. The fraction of sp³-hybridized carbons (Fsp3) is 0.412. The minimum Gasteiger partial charge on any atom is -0.349 e. The van der Waals surface area contributed by atoms with Crippen LogP contribution in [0.5, 0.6) is 0 Å². The third-order valence-corrected chi connectivity index (χ3v) is 5.03. The van der Waals surface area contributed by atoms with E-state index in [0.717, 1.165) is 12.1 Å². The van der Waals surface area contributed by atoms with Gasteiger partial charge in [0.25, 0.3) is 5.91 Å². The first-order valence-corrected chi connectivity index (χ1v) is 8.37. The highest BCUT2D eigenvalue weighted by Gasteiger charge is 2.30. The molecule has 0 fully saturated rings. The molecule has 2 aromatic rings. The number of carbonyl (C=O) groups excluding carboxylic acids is 1. The number of amides is 1. The second-order valence-corrected chi connectivity index (χ2v) is 7.01. The molecule has 2 rings (SSSR count). The summed E-state index contributed by atoms with van der Waals surface area (Å²) in [7, 11) is 0. The highest BCUT2D eigenvalue weighted by atomic mass is 32.1. The monoisotopic (exact) mass is 356 g/mol. The van der Waals surface area contributed by atoms with Crippen molar-refractivity contribution in [3.63, 3.8) is 0 Å². The first-order valence-electron chi connectivity index (χ1n) is 7.55. The summed E-state index contributed by atoms with van der Waals surface area (Å²) in [5, 5.41) is 3.44. The number of thiazole rings is 1. The topological polar surface area (TPSA) is 42.0 Å². The van der Waals surface area contributed by atoms with Crippen LogP contribution in [-0.4, -0.2) is 16.9 Å². The average molecular weight is 356 g/mol. The van der Waals surface area contributed by atoms with Crippen molar-refractivity contribution < 1.29 is 18.0 Å². The number of rotatable bonds is 4. The molecule has 0 aliphatic heterocycles. The van der Waals surface area contributed by atoms with Crippen molar-refractivity contribution in [3.8, 4) is 10.6 Å². The molecule has 1 atom stereocenters. The maximum atomic E-state index is 12.6. The van der Waals surface area contributed by atoms with Crippen molar-refractivity contribution in [1.82, 2.24) is 10.3 Å². The predicted octanol–water partition coefficient (Wildman–Crippen LogP) is 4.91. The summed E-state index contributed by atoms with van der Waals surface area (Å²) < 4.78 is 37.9. The second kappa shape index (κ2) is 6.93. The third kappa shape index (κ3) is 4.14. The third-order valence-electron chi connectivity index (χ3n) is 3.82. The lowest BCUT2D eigenvalue weighted by molar-refractivity contribution is -0.137. The van der Waals surface area contributed by atoms with Crippen LogP contribution < -0.4 is 5.32 Å². The molecule has 0 radical (unpaired) electrons. The van der Waals surface area contributed by atoms with Crippen LogP contribution in [0.4, 0.5) is 13.2 Å². The highest BCUT2D eigenvalue weighted by Crippen LogP contribution is 2.33. The lowest BCUT2D eigenvalue weighted by atomic mass is 10.1. The maximum absolute atomic E-state index is 12.6. The molecule has 0 aliphatic carbocycles. The van der Waals surface area contributed by atoms with Crippen molar-refractivity contribution in [1.29, 1.82) is 0 Å². The van der Waals surface area contributed by atoms with E-state index in [1.165, 1.54) is 23.5 Å². The summed E-state index contributed by atoms with van der Waals surface area (Å²) in [4.78, 5) is 17.1. The van der Waals surface area contributed by atoms with Crippen molar-refractivity contribution in [2.75, 3.05) is 0 Å². The zero-order valence-electron chi connectivity index (χ0n) is 13.9. The Morgan fingerprint density at radius 2 is 1.75 bits per heavy atom. The average Bonchev–Trinajstić information content (AvgIpc) is 2.88. The van der Waals surface area contributed by atoms with E-state index < -0.39 is 11.7 Å². The van der Waals surface area contributed by atoms with Crippen LogP contribution in [0.2, 0.25) is 0 Å². The van der Waals surface area contributed by atoms with E-state index in [1.807, 2.05) is 20.8 Å². The van der Waals surface area contributed by atoms with Crippen LogP contribution in [0.25, 0.3) is 10.6 Å². The normalized spacial score (nSPS) is 13.2. The first kappa shape index (κ1) is 18.4. The number of carbonyl (C=O) groups is 1. The van der Waals surface area contributed by atoms with E-state index >= 15 is 0 Å². The fourth-order valence-electron chi connectivity index (χ4n) is 1.97. The van der Waals surface area contributed by atoms with Gasteiger partial charge in [-0.15, -0.1) is 11.3 Å². The Labute approximate surface area is 142 Å². The molecule has 0 bridgehead atoms. The number of benzene rings is 1. The van der Waals surface area contributed by atoms with Gasteiger partial charge in [-0.1, -0.05) is 26.0 Å². The van der Waals surface area contributed by atoms with Gasteiger partial charge in [-0.25, -0.2) is 4.98 Å². The van der Waals surface area contributed by atoms with Gasteiger partial charge in [-0.3, -0.25) is 4.79 Å². The molecule has 0 saturated heterocycles. The summed E-state index contributed by atoms with van der Waals surface area (Å²) in [5.74, 6) is 0.0981. The van der Waals surface area contributed by atoms with Crippen LogP contribution in [0.3, 0.4) is 0 Å². The fourth-order valence-corrected chi connectivity index (χ4v) is 2.95. The van der Waals surface area contributed by atoms with Gasteiger partial charge >= 0.3 is 6.18 Å². The molecule has 1 amide bonds. The van der Waals surface area contributed by atoms with E-state index in [0.29, 0.717) is 27.1 Å². The number of nitrogens with one attached hydrogen (secondary N) is 1. The number of nitrogens with zero attached hydrogens (tertiary/aromatic N) is 1. The molecule has 130 valence electrons. The molecular formula is C17H19F3N2OS. The van der Waals surface area contributed by atoms with Gasteiger partial charge in [0.2, 0.25) is 0 Å². The van der Waals surface area contributed by atoms with Gasteiger partial charge in [-0.05, 0) is 31.9 Å². The predicted molar refractivity (Wildman–Crippen MR) is 89.1 cm³/mol. The van der Waals surface area contributed by atoms with Crippen LogP contribution in [0, 0.1) is 12.8 Å². The minimum absolute atomic E-state index is 0.0218. The van der Waals surface area contributed by atoms with Gasteiger partial charge in [0.15, 0.2) is 0 Å².